The van der Waals surface area contributed by atoms with E-state index in [1.54, 1.807) is 0 Å². The van der Waals surface area contributed by atoms with E-state index in [0.29, 0.717) is 37.6 Å². The second-order valence-corrected chi connectivity index (χ2v) is 6.66. The summed E-state index contributed by atoms with van der Waals surface area (Å²) in [6, 6.07) is 0.802. The van der Waals surface area contributed by atoms with Crippen molar-refractivity contribution in [3.8, 4) is 18.0 Å². The van der Waals surface area contributed by atoms with E-state index in [1.165, 1.54) is 0 Å². The van der Waals surface area contributed by atoms with E-state index in [4.69, 9.17) is 14.2 Å². The number of hydrogen-bond donors (Lipinski definition) is 0. The van der Waals surface area contributed by atoms with E-state index in [1.807, 2.05) is 0 Å². The predicted molar refractivity (Wildman–Crippen MR) is 94.7 cm³/mol. The molecule has 6 nitrogen and oxygen atoms in total. The van der Waals surface area contributed by atoms with Crippen LogP contribution < -0.4 is 14.2 Å². The van der Waals surface area contributed by atoms with Crippen molar-refractivity contribution in [1.29, 1.82) is 0 Å². The smallest absolute Gasteiger partial charge is 0.325 e. The van der Waals surface area contributed by atoms with Gasteiger partial charge < -0.3 is 14.2 Å². The third kappa shape index (κ3) is 7.79. The summed E-state index contributed by atoms with van der Waals surface area (Å²) >= 11 is 0. The van der Waals surface area contributed by atoms with Crippen molar-refractivity contribution in [1.82, 2.24) is 15.0 Å². The molecule has 0 unspecified atom stereocenters. The lowest BCUT2D eigenvalue weighted by atomic mass is 10.1. The van der Waals surface area contributed by atoms with E-state index in [-0.39, 0.29) is 18.0 Å². The highest BCUT2D eigenvalue weighted by atomic mass is 16.5. The number of rotatable bonds is 12. The average molecular weight is 339 g/mol. The van der Waals surface area contributed by atoms with Crippen LogP contribution in [0.5, 0.6) is 18.0 Å². The molecular weight excluding hydrogens is 306 g/mol. The summed E-state index contributed by atoms with van der Waals surface area (Å²) in [5.74, 6) is 1.32. The molecule has 1 rings (SSSR count). The Morgan fingerprint density at radius 1 is 0.583 bits per heavy atom. The van der Waals surface area contributed by atoms with Gasteiger partial charge in [-0.3, -0.25) is 0 Å². The summed E-state index contributed by atoms with van der Waals surface area (Å²) in [5, 5.41) is 0. The van der Waals surface area contributed by atoms with Crippen molar-refractivity contribution in [2.45, 2.75) is 60.8 Å². The van der Waals surface area contributed by atoms with Gasteiger partial charge in [-0.05, 0) is 17.8 Å². The molecule has 0 N–H and O–H groups in total. The van der Waals surface area contributed by atoms with Crippen molar-refractivity contribution in [2.75, 3.05) is 19.8 Å². The molecule has 3 atom stereocenters. The first-order valence-corrected chi connectivity index (χ1v) is 9.12. The third-order valence-electron chi connectivity index (χ3n) is 4.16. The van der Waals surface area contributed by atoms with E-state index in [0.717, 1.165) is 19.3 Å². The second kappa shape index (κ2) is 11.0. The van der Waals surface area contributed by atoms with Crippen LogP contribution in [0.25, 0.3) is 0 Å². The van der Waals surface area contributed by atoms with Crippen molar-refractivity contribution < 1.29 is 14.2 Å². The van der Waals surface area contributed by atoms with Gasteiger partial charge in [0.1, 0.15) is 0 Å². The third-order valence-corrected chi connectivity index (χ3v) is 4.16. The van der Waals surface area contributed by atoms with Gasteiger partial charge >= 0.3 is 18.0 Å². The molecule has 6 heteroatoms. The highest BCUT2D eigenvalue weighted by Gasteiger charge is 2.13. The number of ether oxygens (including phenoxy) is 3. The molecule has 138 valence electrons. The van der Waals surface area contributed by atoms with Crippen LogP contribution in [0.2, 0.25) is 0 Å². The van der Waals surface area contributed by atoms with Crippen LogP contribution in [0, 0.1) is 17.8 Å². The van der Waals surface area contributed by atoms with Gasteiger partial charge in [-0.15, -0.1) is 15.0 Å². The molecule has 1 heterocycles. The van der Waals surface area contributed by atoms with Crippen LogP contribution in [0.4, 0.5) is 0 Å². The summed E-state index contributed by atoms with van der Waals surface area (Å²) in [6.07, 6.45) is 3.12. The predicted octanol–water partition coefficient (Wildman–Crippen LogP) is 4.15. The van der Waals surface area contributed by atoms with Crippen molar-refractivity contribution in [3.05, 3.63) is 0 Å². The molecule has 0 fully saturated rings. The Morgan fingerprint density at radius 2 is 0.833 bits per heavy atom. The fourth-order valence-electron chi connectivity index (χ4n) is 1.52. The first-order valence-electron chi connectivity index (χ1n) is 9.12. The maximum absolute atomic E-state index is 5.68. The maximum Gasteiger partial charge on any atom is 0.325 e. The first-order chi connectivity index (χ1) is 11.5. The zero-order valence-electron chi connectivity index (χ0n) is 16.0. The fraction of sp³-hybridized carbons (Fsp3) is 0.833. The van der Waals surface area contributed by atoms with E-state index in [9.17, 15) is 0 Å². The second-order valence-electron chi connectivity index (χ2n) is 6.66. The Hall–Kier alpha value is -1.59. The first kappa shape index (κ1) is 20.5. The molecule has 24 heavy (non-hydrogen) atoms. The summed E-state index contributed by atoms with van der Waals surface area (Å²) in [4.78, 5) is 12.7. The molecule has 0 saturated heterocycles. The van der Waals surface area contributed by atoms with E-state index in [2.05, 4.69) is 56.5 Å². The number of hydrogen-bond acceptors (Lipinski definition) is 6. The lowest BCUT2D eigenvalue weighted by molar-refractivity contribution is 0.193. The molecule has 0 aliphatic heterocycles. The molecule has 0 aliphatic rings. The molecule has 1 aromatic rings. The van der Waals surface area contributed by atoms with Gasteiger partial charge in [0, 0.05) is 0 Å². The summed E-state index contributed by atoms with van der Waals surface area (Å²) < 4.78 is 17.1. The van der Waals surface area contributed by atoms with Crippen LogP contribution in [0.15, 0.2) is 0 Å². The van der Waals surface area contributed by atoms with Crippen molar-refractivity contribution in [3.63, 3.8) is 0 Å². The minimum atomic E-state index is 0.267. The highest BCUT2D eigenvalue weighted by Crippen LogP contribution is 2.17. The van der Waals surface area contributed by atoms with Crippen LogP contribution in [0.1, 0.15) is 60.8 Å². The Bertz CT molecular complexity index is 392. The minimum Gasteiger partial charge on any atom is -0.463 e. The molecule has 0 radical (unpaired) electrons. The van der Waals surface area contributed by atoms with Crippen LogP contribution in [0.3, 0.4) is 0 Å². The van der Waals surface area contributed by atoms with Crippen LogP contribution in [-0.2, 0) is 0 Å². The van der Waals surface area contributed by atoms with Gasteiger partial charge in [0.15, 0.2) is 0 Å². The molecular formula is C18H33N3O3. The monoisotopic (exact) mass is 339 g/mol. The molecule has 0 saturated carbocycles. The largest absolute Gasteiger partial charge is 0.463 e. The zero-order valence-corrected chi connectivity index (χ0v) is 16.0. The summed E-state index contributed by atoms with van der Waals surface area (Å²) in [6.45, 7) is 14.5. The summed E-state index contributed by atoms with van der Waals surface area (Å²) in [7, 11) is 0. The van der Waals surface area contributed by atoms with E-state index >= 15 is 0 Å². The molecule has 0 aliphatic carbocycles. The fourth-order valence-corrected chi connectivity index (χ4v) is 1.52. The molecule has 0 bridgehead atoms. The Morgan fingerprint density at radius 3 is 1.04 bits per heavy atom. The van der Waals surface area contributed by atoms with Crippen molar-refractivity contribution in [2.24, 2.45) is 17.8 Å². The SMILES string of the molecule is CC[C@H](C)COc1nc(OC[C@@H](C)CC)nc(OC[C@@H](C)CC)n1. The topological polar surface area (TPSA) is 66.4 Å². The zero-order chi connectivity index (χ0) is 17.9. The quantitative estimate of drug-likeness (QED) is 0.570. The average Bonchev–Trinajstić information content (AvgIpc) is 2.61. The lowest BCUT2D eigenvalue weighted by Gasteiger charge is -2.14. The molecule has 1 aromatic heterocycles. The van der Waals surface area contributed by atoms with Crippen LogP contribution in [-0.4, -0.2) is 34.8 Å². The van der Waals surface area contributed by atoms with Gasteiger partial charge in [-0.2, -0.15) is 0 Å². The normalized spacial score (nSPS) is 14.8. The lowest BCUT2D eigenvalue weighted by Crippen LogP contribution is -2.15. The molecule has 0 aromatic carbocycles. The highest BCUT2D eigenvalue weighted by molar-refractivity contribution is 5.09. The number of aromatic nitrogens is 3. The number of nitrogens with zero attached hydrogens (tertiary/aromatic N) is 3. The van der Waals surface area contributed by atoms with E-state index < -0.39 is 0 Å². The van der Waals surface area contributed by atoms with Gasteiger partial charge in [0.25, 0.3) is 0 Å². The van der Waals surface area contributed by atoms with Gasteiger partial charge in [-0.1, -0.05) is 60.8 Å². The molecule has 0 amide bonds. The standard InChI is InChI=1S/C18H33N3O3/c1-7-13(4)10-22-16-19-17(23-11-14(5)8-2)21-18(20-16)24-12-15(6)9-3/h13-15H,7-12H2,1-6H3/t13-,14-,15-/m0/s1. The molecule has 0 spiro atoms. The summed E-state index contributed by atoms with van der Waals surface area (Å²) in [5.41, 5.74) is 0. The Balaban J connectivity index is 2.79. The van der Waals surface area contributed by atoms with Crippen LogP contribution >= 0.6 is 0 Å². The van der Waals surface area contributed by atoms with Gasteiger partial charge in [0.05, 0.1) is 19.8 Å². The Labute approximate surface area is 146 Å². The minimum absolute atomic E-state index is 0.267. The van der Waals surface area contributed by atoms with Gasteiger partial charge in [0.2, 0.25) is 0 Å². The van der Waals surface area contributed by atoms with Crippen molar-refractivity contribution >= 4 is 0 Å². The Kier molecular flexibility index (Phi) is 9.42. The maximum atomic E-state index is 5.68. The van der Waals surface area contributed by atoms with Gasteiger partial charge in [-0.25, -0.2) is 0 Å².